The fourth-order valence-corrected chi connectivity index (χ4v) is 2.90. The van der Waals surface area contributed by atoms with Gasteiger partial charge in [-0.25, -0.2) is 8.78 Å². The first-order valence-electron chi connectivity index (χ1n) is 6.17. The first-order valence-corrected chi connectivity index (χ1v) is 7.81. The van der Waals surface area contributed by atoms with E-state index in [1.54, 1.807) is 0 Å². The predicted molar refractivity (Wildman–Crippen MR) is 87.8 cm³/mol. The summed E-state index contributed by atoms with van der Waals surface area (Å²) in [5, 5.41) is 3.07. The summed E-state index contributed by atoms with van der Waals surface area (Å²) in [4.78, 5) is 1.20. The van der Waals surface area contributed by atoms with E-state index in [1.165, 1.54) is 17.8 Å². The van der Waals surface area contributed by atoms with Crippen LogP contribution in [0.1, 0.15) is 11.1 Å². The van der Waals surface area contributed by atoms with Crippen LogP contribution in [0.2, 0.25) is 0 Å². The van der Waals surface area contributed by atoms with Crippen LogP contribution in [0.4, 0.5) is 14.5 Å². The number of rotatable bonds is 5. The van der Waals surface area contributed by atoms with Gasteiger partial charge in [-0.2, -0.15) is 0 Å². The van der Waals surface area contributed by atoms with E-state index in [2.05, 4.69) is 5.32 Å². The van der Waals surface area contributed by atoms with Gasteiger partial charge < -0.3 is 11.1 Å². The number of benzene rings is 2. The minimum atomic E-state index is -0.472. The summed E-state index contributed by atoms with van der Waals surface area (Å²) in [5.74, 6) is -0.928. The Balaban J connectivity index is 2.28. The molecule has 0 fully saturated rings. The van der Waals surface area contributed by atoms with Crippen molar-refractivity contribution < 1.29 is 8.78 Å². The predicted octanol–water partition coefficient (Wildman–Crippen LogP) is 3.93. The molecule has 0 saturated heterocycles. The van der Waals surface area contributed by atoms with Crippen LogP contribution >= 0.6 is 24.0 Å². The van der Waals surface area contributed by atoms with Gasteiger partial charge in [0.1, 0.15) is 16.6 Å². The maximum atomic E-state index is 13.6. The van der Waals surface area contributed by atoms with Gasteiger partial charge in [0.05, 0.1) is 0 Å². The summed E-state index contributed by atoms with van der Waals surface area (Å²) < 4.78 is 26.8. The van der Waals surface area contributed by atoms with Gasteiger partial charge in [0.2, 0.25) is 0 Å². The van der Waals surface area contributed by atoms with Crippen LogP contribution in [0.15, 0.2) is 41.3 Å². The Kier molecular flexibility index (Phi) is 5.14. The van der Waals surface area contributed by atoms with Crippen molar-refractivity contribution in [3.05, 3.63) is 59.2 Å². The lowest BCUT2D eigenvalue weighted by atomic mass is 10.1. The smallest absolute Gasteiger partial charge is 0.128 e. The third kappa shape index (κ3) is 3.71. The highest BCUT2D eigenvalue weighted by atomic mass is 32.2. The molecule has 3 N–H and O–H groups in total. The van der Waals surface area contributed by atoms with E-state index < -0.39 is 11.6 Å². The van der Waals surface area contributed by atoms with Crippen molar-refractivity contribution in [3.63, 3.8) is 0 Å². The van der Waals surface area contributed by atoms with Crippen LogP contribution < -0.4 is 11.1 Å². The van der Waals surface area contributed by atoms with Gasteiger partial charge in [-0.3, -0.25) is 0 Å². The molecule has 2 nitrogen and oxygen atoms in total. The molecule has 0 bridgehead atoms. The lowest BCUT2D eigenvalue weighted by Crippen LogP contribution is -2.15. The number of nitrogens with two attached hydrogens (primary N) is 1. The Bertz CT molecular complexity index is 675. The van der Waals surface area contributed by atoms with Crippen LogP contribution in [0.3, 0.4) is 0 Å². The fraction of sp³-hybridized carbons (Fsp3) is 0.133. The second-order valence-electron chi connectivity index (χ2n) is 4.34. The van der Waals surface area contributed by atoms with Crippen molar-refractivity contribution >= 4 is 34.7 Å². The molecule has 0 aliphatic rings. The minimum Gasteiger partial charge on any atom is -0.389 e. The Labute approximate surface area is 131 Å². The van der Waals surface area contributed by atoms with Gasteiger partial charge in [-0.05, 0) is 36.6 Å². The number of nitrogens with one attached hydrogen (secondary N) is 1. The Morgan fingerprint density at radius 2 is 2.05 bits per heavy atom. The normalized spacial score (nSPS) is 10.4. The summed E-state index contributed by atoms with van der Waals surface area (Å²) >= 11 is 6.59. The SMILES string of the molecule is CSc1cccc(NCc2cc(F)ccc2F)c1C(N)=S. The van der Waals surface area contributed by atoms with Crippen LogP contribution in [0.5, 0.6) is 0 Å². The Hall–Kier alpha value is -1.66. The van der Waals surface area contributed by atoms with Crippen molar-refractivity contribution in [1.29, 1.82) is 0 Å². The third-order valence-corrected chi connectivity index (χ3v) is 3.95. The first-order chi connectivity index (χ1) is 10.0. The number of anilines is 1. The molecule has 0 aliphatic heterocycles. The molecule has 110 valence electrons. The molecule has 0 spiro atoms. The van der Waals surface area contributed by atoms with Crippen molar-refractivity contribution in [3.8, 4) is 0 Å². The average molecular weight is 324 g/mol. The van der Waals surface area contributed by atoms with Crippen molar-refractivity contribution in [1.82, 2.24) is 0 Å². The average Bonchev–Trinajstić information content (AvgIpc) is 2.47. The number of thioether (sulfide) groups is 1. The van der Waals surface area contributed by atoms with Crippen LogP contribution in [0, 0.1) is 11.6 Å². The van der Waals surface area contributed by atoms with E-state index >= 15 is 0 Å². The second kappa shape index (κ2) is 6.87. The maximum absolute atomic E-state index is 13.6. The molecule has 0 amide bonds. The molecule has 6 heteroatoms. The molecule has 2 rings (SSSR count). The molecular formula is C15H14F2N2S2. The highest BCUT2D eigenvalue weighted by Gasteiger charge is 2.11. The van der Waals surface area contributed by atoms with Gasteiger partial charge in [0, 0.05) is 28.3 Å². The molecule has 0 heterocycles. The monoisotopic (exact) mass is 324 g/mol. The molecule has 0 unspecified atom stereocenters. The van der Waals surface area contributed by atoms with Gasteiger partial charge >= 0.3 is 0 Å². The minimum absolute atomic E-state index is 0.150. The molecular weight excluding hydrogens is 310 g/mol. The van der Waals surface area contributed by atoms with E-state index in [9.17, 15) is 8.78 Å². The van der Waals surface area contributed by atoms with Crippen molar-refractivity contribution in [2.45, 2.75) is 11.4 Å². The largest absolute Gasteiger partial charge is 0.389 e. The van der Waals surface area contributed by atoms with Gasteiger partial charge in [0.15, 0.2) is 0 Å². The van der Waals surface area contributed by atoms with Gasteiger partial charge in [-0.15, -0.1) is 11.8 Å². The molecule has 2 aromatic rings. The van der Waals surface area contributed by atoms with E-state index in [-0.39, 0.29) is 17.1 Å². The second-order valence-corrected chi connectivity index (χ2v) is 5.62. The van der Waals surface area contributed by atoms with Crippen molar-refractivity contribution in [2.75, 3.05) is 11.6 Å². The molecule has 2 aromatic carbocycles. The zero-order valence-electron chi connectivity index (χ0n) is 11.3. The highest BCUT2D eigenvalue weighted by molar-refractivity contribution is 7.98. The van der Waals surface area contributed by atoms with Crippen LogP contribution in [-0.2, 0) is 6.54 Å². The number of hydrogen-bond donors (Lipinski definition) is 2. The van der Waals surface area contributed by atoms with Crippen molar-refractivity contribution in [2.24, 2.45) is 5.73 Å². The standard InChI is InChI=1S/C15H14F2N2S2/c1-21-13-4-2-3-12(14(13)15(18)20)19-8-9-7-10(16)5-6-11(9)17/h2-7,19H,8H2,1H3,(H2,18,20). The Morgan fingerprint density at radius 3 is 2.71 bits per heavy atom. The Morgan fingerprint density at radius 1 is 1.29 bits per heavy atom. The third-order valence-electron chi connectivity index (χ3n) is 2.97. The van der Waals surface area contributed by atoms with Crippen LogP contribution in [-0.4, -0.2) is 11.2 Å². The molecule has 0 aromatic heterocycles. The lowest BCUT2D eigenvalue weighted by Gasteiger charge is -2.14. The topological polar surface area (TPSA) is 38.0 Å². The van der Waals surface area contributed by atoms with E-state index in [1.807, 2.05) is 24.5 Å². The summed E-state index contributed by atoms with van der Waals surface area (Å²) in [6.45, 7) is 0.150. The summed E-state index contributed by atoms with van der Waals surface area (Å²) in [7, 11) is 0. The lowest BCUT2D eigenvalue weighted by molar-refractivity contribution is 0.587. The van der Waals surface area contributed by atoms with Crippen LogP contribution in [0.25, 0.3) is 0 Å². The quantitative estimate of drug-likeness (QED) is 0.645. The maximum Gasteiger partial charge on any atom is 0.128 e. The van der Waals surface area contributed by atoms with E-state index in [4.69, 9.17) is 18.0 Å². The first kappa shape index (κ1) is 15.7. The number of hydrogen-bond acceptors (Lipinski definition) is 3. The molecule has 0 atom stereocenters. The molecule has 0 radical (unpaired) electrons. The van der Waals surface area contributed by atoms with Gasteiger partial charge in [-0.1, -0.05) is 18.3 Å². The summed E-state index contributed by atoms with van der Waals surface area (Å²) in [6.07, 6.45) is 1.92. The van der Waals surface area contributed by atoms with E-state index in [0.717, 1.165) is 22.6 Å². The molecule has 0 saturated carbocycles. The zero-order valence-corrected chi connectivity index (χ0v) is 13.0. The molecule has 21 heavy (non-hydrogen) atoms. The van der Waals surface area contributed by atoms with Gasteiger partial charge in [0.25, 0.3) is 0 Å². The molecule has 0 aliphatic carbocycles. The number of thiocarbonyl (C=S) groups is 1. The zero-order chi connectivity index (χ0) is 15.4. The number of halogens is 2. The van der Waals surface area contributed by atoms with E-state index in [0.29, 0.717) is 5.69 Å². The fourth-order valence-electron chi connectivity index (χ4n) is 1.97. The summed E-state index contributed by atoms with van der Waals surface area (Å²) in [6, 6.07) is 8.95. The summed E-state index contributed by atoms with van der Waals surface area (Å²) in [5.41, 5.74) is 7.43. The highest BCUT2D eigenvalue weighted by Crippen LogP contribution is 2.27.